The van der Waals surface area contributed by atoms with Gasteiger partial charge in [-0.1, -0.05) is 12.8 Å². The van der Waals surface area contributed by atoms with Crippen LogP contribution in [0, 0.1) is 5.92 Å². The lowest BCUT2D eigenvalue weighted by Gasteiger charge is -2.37. The van der Waals surface area contributed by atoms with Gasteiger partial charge in [-0.3, -0.25) is 10.1 Å². The minimum absolute atomic E-state index is 0.0402. The Bertz CT molecular complexity index is 341. The highest BCUT2D eigenvalue weighted by atomic mass is 16.2. The fourth-order valence-corrected chi connectivity index (χ4v) is 3.82. The standard InChI is InChI=1S/C11H16N2O2/c1-7-6-8-4-2-3-5-11(8)9(14)12-10(15)13(7)11/h7-8H,2-6H2,1H3,(H,12,14,15)/t7-,8-,11-/m0/s1. The third kappa shape index (κ3) is 0.924. The molecule has 2 saturated heterocycles. The summed E-state index contributed by atoms with van der Waals surface area (Å²) in [4.78, 5) is 25.5. The number of urea groups is 1. The van der Waals surface area contributed by atoms with Crippen LogP contribution < -0.4 is 5.32 Å². The van der Waals surface area contributed by atoms with Crippen molar-refractivity contribution < 1.29 is 9.59 Å². The fourth-order valence-electron chi connectivity index (χ4n) is 3.82. The Balaban J connectivity index is 2.08. The molecule has 3 amide bonds. The first kappa shape index (κ1) is 9.19. The molecule has 0 bridgehead atoms. The average molecular weight is 208 g/mol. The molecule has 3 atom stereocenters. The van der Waals surface area contributed by atoms with Crippen molar-refractivity contribution in [3.8, 4) is 0 Å². The number of carbonyl (C=O) groups excluding carboxylic acids is 2. The van der Waals surface area contributed by atoms with E-state index in [0.717, 1.165) is 25.7 Å². The first-order valence-corrected chi connectivity index (χ1v) is 5.81. The predicted molar refractivity (Wildman–Crippen MR) is 54.1 cm³/mol. The Morgan fingerprint density at radius 2 is 2.20 bits per heavy atom. The van der Waals surface area contributed by atoms with Crippen LogP contribution in [0.3, 0.4) is 0 Å². The topological polar surface area (TPSA) is 49.4 Å². The van der Waals surface area contributed by atoms with Gasteiger partial charge in [-0.05, 0) is 32.1 Å². The summed E-state index contributed by atoms with van der Waals surface area (Å²) >= 11 is 0. The van der Waals surface area contributed by atoms with Crippen molar-refractivity contribution in [3.05, 3.63) is 0 Å². The van der Waals surface area contributed by atoms with Crippen molar-refractivity contribution in [3.63, 3.8) is 0 Å². The number of hydrogen-bond donors (Lipinski definition) is 1. The molecule has 0 unspecified atom stereocenters. The molecule has 4 heteroatoms. The second-order valence-electron chi connectivity index (χ2n) is 5.08. The molecule has 0 aromatic rings. The van der Waals surface area contributed by atoms with E-state index in [1.165, 1.54) is 6.42 Å². The summed E-state index contributed by atoms with van der Waals surface area (Å²) in [6, 6.07) is 0.0523. The molecule has 3 fully saturated rings. The van der Waals surface area contributed by atoms with E-state index < -0.39 is 5.54 Å². The highest BCUT2D eigenvalue weighted by molar-refractivity contribution is 6.08. The maximum absolute atomic E-state index is 12.0. The van der Waals surface area contributed by atoms with Gasteiger partial charge in [0.15, 0.2) is 0 Å². The Labute approximate surface area is 89.0 Å². The van der Waals surface area contributed by atoms with Crippen LogP contribution in [0.15, 0.2) is 0 Å². The van der Waals surface area contributed by atoms with E-state index in [2.05, 4.69) is 12.2 Å². The summed E-state index contributed by atoms with van der Waals surface area (Å²) < 4.78 is 0. The van der Waals surface area contributed by atoms with Gasteiger partial charge in [0.25, 0.3) is 5.91 Å². The van der Waals surface area contributed by atoms with Crippen LogP contribution in [0.25, 0.3) is 0 Å². The SMILES string of the molecule is C[C@H]1C[C@@H]2CCCC[C@@]23C(=O)NC(=O)N13. The zero-order valence-electron chi connectivity index (χ0n) is 8.95. The van der Waals surface area contributed by atoms with Crippen LogP contribution in [-0.2, 0) is 4.79 Å². The van der Waals surface area contributed by atoms with E-state index in [-0.39, 0.29) is 18.0 Å². The maximum Gasteiger partial charge on any atom is 0.325 e. The summed E-state index contributed by atoms with van der Waals surface area (Å²) in [5.74, 6) is 0.356. The molecule has 2 heterocycles. The van der Waals surface area contributed by atoms with E-state index in [0.29, 0.717) is 5.92 Å². The highest BCUT2D eigenvalue weighted by Gasteiger charge is 2.63. The molecular formula is C11H16N2O2. The molecule has 2 aliphatic heterocycles. The average Bonchev–Trinajstić information content (AvgIpc) is 2.61. The van der Waals surface area contributed by atoms with Crippen molar-refractivity contribution in [2.75, 3.05) is 0 Å². The number of amides is 3. The number of nitrogens with one attached hydrogen (secondary N) is 1. The van der Waals surface area contributed by atoms with Crippen LogP contribution in [-0.4, -0.2) is 28.4 Å². The second kappa shape index (κ2) is 2.74. The Kier molecular flexibility index (Phi) is 1.68. The van der Waals surface area contributed by atoms with Crippen LogP contribution >= 0.6 is 0 Å². The first-order valence-electron chi connectivity index (χ1n) is 5.81. The minimum atomic E-state index is -0.464. The van der Waals surface area contributed by atoms with Crippen molar-refractivity contribution in [1.29, 1.82) is 0 Å². The van der Waals surface area contributed by atoms with Gasteiger partial charge in [0.05, 0.1) is 0 Å². The molecule has 3 rings (SSSR count). The van der Waals surface area contributed by atoms with E-state index in [9.17, 15) is 9.59 Å². The zero-order valence-corrected chi connectivity index (χ0v) is 8.95. The molecule has 4 nitrogen and oxygen atoms in total. The summed E-state index contributed by atoms with van der Waals surface area (Å²) in [5.41, 5.74) is -0.464. The normalized spacial score (nSPS) is 43.9. The Hall–Kier alpha value is -1.06. The lowest BCUT2D eigenvalue weighted by molar-refractivity contribution is -0.129. The number of hydrogen-bond acceptors (Lipinski definition) is 2. The number of carbonyl (C=O) groups is 2. The number of nitrogens with zero attached hydrogens (tertiary/aromatic N) is 1. The van der Waals surface area contributed by atoms with Gasteiger partial charge >= 0.3 is 6.03 Å². The van der Waals surface area contributed by atoms with Gasteiger partial charge in [0.2, 0.25) is 0 Å². The largest absolute Gasteiger partial charge is 0.325 e. The summed E-state index contributed by atoms with van der Waals surface area (Å²) in [6.45, 7) is 2.05. The van der Waals surface area contributed by atoms with Crippen LogP contribution in [0.2, 0.25) is 0 Å². The van der Waals surface area contributed by atoms with Gasteiger partial charge in [-0.2, -0.15) is 0 Å². The van der Waals surface area contributed by atoms with Gasteiger partial charge in [0, 0.05) is 6.04 Å². The predicted octanol–water partition coefficient (Wildman–Crippen LogP) is 1.26. The van der Waals surface area contributed by atoms with Crippen LogP contribution in [0.4, 0.5) is 4.79 Å². The molecule has 82 valence electrons. The molecular weight excluding hydrogens is 192 g/mol. The van der Waals surface area contributed by atoms with E-state index in [1.807, 2.05) is 4.90 Å². The lowest BCUT2D eigenvalue weighted by Crippen LogP contribution is -2.52. The molecule has 1 saturated carbocycles. The van der Waals surface area contributed by atoms with Gasteiger partial charge in [0.1, 0.15) is 5.54 Å². The summed E-state index contributed by atoms with van der Waals surface area (Å²) in [7, 11) is 0. The van der Waals surface area contributed by atoms with Gasteiger partial charge in [-0.15, -0.1) is 0 Å². The second-order valence-corrected chi connectivity index (χ2v) is 5.08. The van der Waals surface area contributed by atoms with Crippen LogP contribution in [0.1, 0.15) is 39.0 Å². The summed E-state index contributed by atoms with van der Waals surface area (Å²) in [5, 5.41) is 2.49. The third-order valence-corrected chi connectivity index (χ3v) is 4.36. The molecule has 1 spiro atoms. The highest BCUT2D eigenvalue weighted by Crippen LogP contribution is 2.50. The van der Waals surface area contributed by atoms with E-state index in [1.54, 1.807) is 0 Å². The molecule has 0 aromatic carbocycles. The molecule has 15 heavy (non-hydrogen) atoms. The Morgan fingerprint density at radius 3 is 3.00 bits per heavy atom. The molecule has 0 aromatic heterocycles. The molecule has 3 aliphatic rings. The maximum atomic E-state index is 12.0. The molecule has 0 radical (unpaired) electrons. The smallest absolute Gasteiger partial charge is 0.307 e. The van der Waals surface area contributed by atoms with E-state index >= 15 is 0 Å². The quantitative estimate of drug-likeness (QED) is 0.609. The number of rotatable bonds is 0. The zero-order chi connectivity index (χ0) is 10.6. The van der Waals surface area contributed by atoms with Crippen LogP contribution in [0.5, 0.6) is 0 Å². The van der Waals surface area contributed by atoms with Gasteiger partial charge in [-0.25, -0.2) is 4.79 Å². The van der Waals surface area contributed by atoms with Crippen molar-refractivity contribution in [2.24, 2.45) is 5.92 Å². The van der Waals surface area contributed by atoms with Gasteiger partial charge < -0.3 is 4.90 Å². The Morgan fingerprint density at radius 1 is 1.40 bits per heavy atom. The number of imide groups is 1. The lowest BCUT2D eigenvalue weighted by atomic mass is 9.73. The molecule has 1 aliphatic carbocycles. The first-order chi connectivity index (χ1) is 7.16. The summed E-state index contributed by atoms with van der Waals surface area (Å²) in [6.07, 6.45) is 5.23. The fraction of sp³-hybridized carbons (Fsp3) is 0.818. The van der Waals surface area contributed by atoms with Crippen molar-refractivity contribution in [1.82, 2.24) is 10.2 Å². The van der Waals surface area contributed by atoms with E-state index in [4.69, 9.17) is 0 Å². The van der Waals surface area contributed by atoms with Crippen molar-refractivity contribution >= 4 is 11.9 Å². The van der Waals surface area contributed by atoms with Crippen molar-refractivity contribution in [2.45, 2.75) is 50.6 Å². The third-order valence-electron chi connectivity index (χ3n) is 4.36. The monoisotopic (exact) mass is 208 g/mol. The minimum Gasteiger partial charge on any atom is -0.307 e. The molecule has 1 N–H and O–H groups in total.